The van der Waals surface area contributed by atoms with Crippen LogP contribution in [0.25, 0.3) is 0 Å². The fourth-order valence-electron chi connectivity index (χ4n) is 5.41. The number of carbonyl (C=O) groups excluding carboxylic acids is 2. The molecule has 9 heteroatoms. The lowest BCUT2D eigenvalue weighted by Crippen LogP contribution is -2.54. The zero-order valence-electron chi connectivity index (χ0n) is 24.3. The van der Waals surface area contributed by atoms with Gasteiger partial charge in [0, 0.05) is 12.6 Å². The van der Waals surface area contributed by atoms with E-state index in [2.05, 4.69) is 5.32 Å². The number of halogens is 1. The molecule has 0 radical (unpaired) electrons. The van der Waals surface area contributed by atoms with E-state index in [1.807, 2.05) is 44.2 Å². The predicted octanol–water partition coefficient (Wildman–Crippen LogP) is 5.63. The number of nitrogens with zero attached hydrogens (tertiary/aromatic N) is 2. The van der Waals surface area contributed by atoms with E-state index in [1.54, 1.807) is 24.3 Å². The molecule has 3 aromatic rings. The van der Waals surface area contributed by atoms with E-state index in [1.165, 1.54) is 17.0 Å². The zero-order chi connectivity index (χ0) is 30.1. The highest BCUT2D eigenvalue weighted by atomic mass is 32.2. The van der Waals surface area contributed by atoms with Crippen LogP contribution in [0, 0.1) is 12.7 Å². The number of hydrogen-bond acceptors (Lipinski definition) is 4. The van der Waals surface area contributed by atoms with Crippen LogP contribution in [-0.4, -0.2) is 50.3 Å². The van der Waals surface area contributed by atoms with Gasteiger partial charge >= 0.3 is 0 Å². The molecule has 224 valence electrons. The molecular formula is C33H40FN3O4S. The zero-order valence-corrected chi connectivity index (χ0v) is 25.2. The van der Waals surface area contributed by atoms with Gasteiger partial charge in [-0.05, 0) is 74.6 Å². The molecule has 1 atom stereocenters. The van der Waals surface area contributed by atoms with Crippen LogP contribution in [-0.2, 0) is 26.0 Å². The summed E-state index contributed by atoms with van der Waals surface area (Å²) in [7, 11) is -4.24. The van der Waals surface area contributed by atoms with Gasteiger partial charge in [-0.2, -0.15) is 0 Å². The van der Waals surface area contributed by atoms with Gasteiger partial charge in [0.2, 0.25) is 11.8 Å². The molecule has 1 unspecified atom stereocenters. The van der Waals surface area contributed by atoms with E-state index in [0.717, 1.165) is 59.7 Å². The van der Waals surface area contributed by atoms with Crippen LogP contribution in [0.15, 0.2) is 83.8 Å². The third kappa shape index (κ3) is 7.97. The van der Waals surface area contributed by atoms with Crippen LogP contribution < -0.4 is 9.62 Å². The third-order valence-corrected chi connectivity index (χ3v) is 9.61. The van der Waals surface area contributed by atoms with Gasteiger partial charge in [0.1, 0.15) is 18.4 Å². The molecule has 4 rings (SSSR count). The number of hydrogen-bond donors (Lipinski definition) is 1. The van der Waals surface area contributed by atoms with Crippen LogP contribution in [0.2, 0.25) is 0 Å². The average molecular weight is 594 g/mol. The SMILES string of the molecule is CCC(C(=O)NC1CCCCC1)N(CCc1ccccc1)C(=O)CN(c1ccc(C)cc1)S(=O)(=O)c1ccc(F)cc1. The summed E-state index contributed by atoms with van der Waals surface area (Å²) in [6.07, 6.45) is 6.00. The van der Waals surface area contributed by atoms with Crippen LogP contribution in [0.4, 0.5) is 10.1 Å². The van der Waals surface area contributed by atoms with Gasteiger partial charge in [-0.15, -0.1) is 0 Å². The second kappa shape index (κ2) is 14.4. The highest BCUT2D eigenvalue weighted by molar-refractivity contribution is 7.92. The summed E-state index contributed by atoms with van der Waals surface area (Å²) in [5.41, 5.74) is 2.24. The summed E-state index contributed by atoms with van der Waals surface area (Å²) in [5, 5.41) is 3.16. The fraction of sp³-hybridized carbons (Fsp3) is 0.394. The first-order chi connectivity index (χ1) is 20.2. The topological polar surface area (TPSA) is 86.8 Å². The maximum absolute atomic E-state index is 14.1. The van der Waals surface area contributed by atoms with E-state index < -0.39 is 34.3 Å². The Labute approximate surface area is 248 Å². The number of rotatable bonds is 12. The number of nitrogens with one attached hydrogen (secondary N) is 1. The number of benzene rings is 3. The molecule has 0 saturated heterocycles. The molecule has 1 saturated carbocycles. The smallest absolute Gasteiger partial charge is 0.264 e. The number of amides is 2. The minimum absolute atomic E-state index is 0.0780. The minimum atomic E-state index is -4.24. The molecule has 1 fully saturated rings. The maximum Gasteiger partial charge on any atom is 0.264 e. The summed E-state index contributed by atoms with van der Waals surface area (Å²) in [5.74, 6) is -1.26. The highest BCUT2D eigenvalue weighted by Gasteiger charge is 2.34. The van der Waals surface area contributed by atoms with E-state index in [9.17, 15) is 22.4 Å². The average Bonchev–Trinajstić information content (AvgIpc) is 2.99. The number of aryl methyl sites for hydroxylation is 1. The fourth-order valence-corrected chi connectivity index (χ4v) is 6.83. The van der Waals surface area contributed by atoms with E-state index in [-0.39, 0.29) is 23.4 Å². The number of sulfonamides is 1. The van der Waals surface area contributed by atoms with Crippen molar-refractivity contribution in [1.82, 2.24) is 10.2 Å². The maximum atomic E-state index is 14.1. The summed E-state index contributed by atoms with van der Waals surface area (Å²) >= 11 is 0. The molecule has 0 bridgehead atoms. The molecule has 2 amide bonds. The highest BCUT2D eigenvalue weighted by Crippen LogP contribution is 2.25. The Hall–Kier alpha value is -3.72. The quantitative estimate of drug-likeness (QED) is 0.295. The second-order valence-electron chi connectivity index (χ2n) is 10.9. The summed E-state index contributed by atoms with van der Waals surface area (Å²) < 4.78 is 42.4. The third-order valence-electron chi connectivity index (χ3n) is 7.82. The van der Waals surface area contributed by atoms with Gasteiger partial charge in [-0.25, -0.2) is 12.8 Å². The summed E-state index contributed by atoms with van der Waals surface area (Å²) in [6, 6.07) is 20.4. The van der Waals surface area contributed by atoms with Gasteiger partial charge in [0.05, 0.1) is 10.6 Å². The van der Waals surface area contributed by atoms with Crippen LogP contribution in [0.1, 0.15) is 56.6 Å². The minimum Gasteiger partial charge on any atom is -0.352 e. The van der Waals surface area contributed by atoms with Crippen molar-refractivity contribution in [1.29, 1.82) is 0 Å². The summed E-state index contributed by atoms with van der Waals surface area (Å²) in [6.45, 7) is 3.49. The monoisotopic (exact) mass is 593 g/mol. The van der Waals surface area contributed by atoms with E-state index in [0.29, 0.717) is 18.5 Å². The van der Waals surface area contributed by atoms with Crippen molar-refractivity contribution < 1.29 is 22.4 Å². The lowest BCUT2D eigenvalue weighted by atomic mass is 9.95. The van der Waals surface area contributed by atoms with Gasteiger partial charge in [-0.3, -0.25) is 13.9 Å². The van der Waals surface area contributed by atoms with Gasteiger partial charge < -0.3 is 10.2 Å². The molecule has 1 aliphatic carbocycles. The van der Waals surface area contributed by atoms with Crippen molar-refractivity contribution in [2.75, 3.05) is 17.4 Å². The summed E-state index contributed by atoms with van der Waals surface area (Å²) in [4.78, 5) is 29.1. The lowest BCUT2D eigenvalue weighted by molar-refractivity contribution is -0.140. The molecule has 3 aromatic carbocycles. The van der Waals surface area contributed by atoms with Crippen LogP contribution in [0.3, 0.4) is 0 Å². The van der Waals surface area contributed by atoms with Crippen molar-refractivity contribution in [3.63, 3.8) is 0 Å². The Morgan fingerprint density at radius 3 is 2.19 bits per heavy atom. The van der Waals surface area contributed by atoms with Crippen molar-refractivity contribution in [3.05, 3.63) is 95.8 Å². The normalized spacial score (nSPS) is 14.6. The molecule has 0 spiro atoms. The molecule has 7 nitrogen and oxygen atoms in total. The molecule has 0 aliphatic heterocycles. The first-order valence-electron chi connectivity index (χ1n) is 14.7. The van der Waals surface area contributed by atoms with E-state index >= 15 is 0 Å². The molecule has 42 heavy (non-hydrogen) atoms. The number of carbonyl (C=O) groups is 2. The lowest BCUT2D eigenvalue weighted by Gasteiger charge is -2.34. The molecule has 0 aromatic heterocycles. The van der Waals surface area contributed by atoms with Gasteiger partial charge in [0.15, 0.2) is 0 Å². The molecule has 1 aliphatic rings. The van der Waals surface area contributed by atoms with Crippen molar-refractivity contribution in [2.45, 2.75) is 75.8 Å². The Bertz CT molecular complexity index is 1420. The van der Waals surface area contributed by atoms with Gasteiger partial charge in [0.25, 0.3) is 10.0 Å². The second-order valence-corrected chi connectivity index (χ2v) is 12.8. The van der Waals surface area contributed by atoms with Gasteiger partial charge in [-0.1, -0.05) is 74.2 Å². The van der Waals surface area contributed by atoms with Crippen molar-refractivity contribution in [3.8, 4) is 0 Å². The first-order valence-corrected chi connectivity index (χ1v) is 16.1. The Balaban J connectivity index is 1.66. The predicted molar refractivity (Wildman–Crippen MR) is 163 cm³/mol. The van der Waals surface area contributed by atoms with Crippen molar-refractivity contribution in [2.24, 2.45) is 0 Å². The molecule has 1 N–H and O–H groups in total. The van der Waals surface area contributed by atoms with Crippen molar-refractivity contribution >= 4 is 27.5 Å². The standard InChI is InChI=1S/C33H40FN3O4S/c1-3-31(33(39)35-28-12-8-5-9-13-28)36(23-22-26-10-6-4-7-11-26)32(38)24-37(29-18-14-25(2)15-19-29)42(40,41)30-20-16-27(34)17-21-30/h4,6-7,10-11,14-21,28,31H,3,5,8-9,12-13,22-24H2,1-2H3,(H,35,39). The largest absolute Gasteiger partial charge is 0.352 e. The Kier molecular flexibility index (Phi) is 10.7. The van der Waals surface area contributed by atoms with Crippen LogP contribution in [0.5, 0.6) is 0 Å². The van der Waals surface area contributed by atoms with E-state index in [4.69, 9.17) is 0 Å². The Morgan fingerprint density at radius 1 is 0.929 bits per heavy atom. The van der Waals surface area contributed by atoms with Crippen LogP contribution >= 0.6 is 0 Å². The Morgan fingerprint density at radius 2 is 1.57 bits per heavy atom. The molecular weight excluding hydrogens is 553 g/mol. The number of anilines is 1. The first kappa shape index (κ1) is 31.2. The molecule has 0 heterocycles.